The van der Waals surface area contributed by atoms with Gasteiger partial charge in [0.05, 0.1) is 0 Å². The molecular formula is C14H18ClHf-3. The van der Waals surface area contributed by atoms with Crippen LogP contribution in [0.4, 0.5) is 0 Å². The Balaban J connectivity index is 0. The molecule has 0 heterocycles. The Labute approximate surface area is 125 Å². The fraction of sp³-hybridized carbons (Fsp3) is 0.286. The van der Waals surface area contributed by atoms with Crippen molar-refractivity contribution in [2.75, 3.05) is 0 Å². The molecule has 0 spiro atoms. The molecule has 0 radical (unpaired) electrons. The zero-order chi connectivity index (χ0) is 10.2. The molecule has 0 saturated heterocycles. The Morgan fingerprint density at radius 1 is 0.875 bits per heavy atom. The summed E-state index contributed by atoms with van der Waals surface area (Å²) in [4.78, 5) is 0. The monoisotopic (exact) mass is 401 g/mol. The minimum Gasteiger partial charge on any atom is -1.00 e. The molecule has 0 amide bonds. The van der Waals surface area contributed by atoms with Gasteiger partial charge in [0.2, 0.25) is 0 Å². The van der Waals surface area contributed by atoms with E-state index in [1.807, 2.05) is 0 Å². The predicted molar refractivity (Wildman–Crippen MR) is 63.6 cm³/mol. The van der Waals surface area contributed by atoms with Crippen molar-refractivity contribution in [1.82, 2.24) is 0 Å². The van der Waals surface area contributed by atoms with E-state index in [0.29, 0.717) is 0 Å². The number of allylic oxidation sites excluding steroid dienone is 8. The van der Waals surface area contributed by atoms with Gasteiger partial charge in [-0.05, 0) is 12.8 Å². The summed E-state index contributed by atoms with van der Waals surface area (Å²) in [5.74, 6) is 0. The van der Waals surface area contributed by atoms with E-state index in [2.05, 4.69) is 50.3 Å². The van der Waals surface area contributed by atoms with Crippen LogP contribution in [0.5, 0.6) is 0 Å². The summed E-state index contributed by atoms with van der Waals surface area (Å²) < 4.78 is 0. The van der Waals surface area contributed by atoms with Gasteiger partial charge in [-0.25, -0.2) is 0 Å². The summed E-state index contributed by atoms with van der Waals surface area (Å²) in [6, 6.07) is 0. The van der Waals surface area contributed by atoms with Crippen LogP contribution in [-0.4, -0.2) is 0 Å². The smallest absolute Gasteiger partial charge is 0 e. The van der Waals surface area contributed by atoms with E-state index in [0.717, 1.165) is 25.7 Å². The van der Waals surface area contributed by atoms with Gasteiger partial charge in [-0.1, -0.05) is 47.6 Å². The first-order valence-electron chi connectivity index (χ1n) is 5.14. The van der Waals surface area contributed by atoms with Crippen molar-refractivity contribution in [3.8, 4) is 0 Å². The maximum atomic E-state index is 3.76. The Kier molecular flexibility index (Phi) is 13.4. The molecule has 0 aliphatic heterocycles. The molecule has 0 aromatic rings. The molecule has 0 aromatic heterocycles. The van der Waals surface area contributed by atoms with Gasteiger partial charge in [-0.3, -0.25) is 0 Å². The summed E-state index contributed by atoms with van der Waals surface area (Å²) in [5, 5.41) is 0. The topological polar surface area (TPSA) is 0 Å². The van der Waals surface area contributed by atoms with E-state index in [-0.39, 0.29) is 38.3 Å². The summed E-state index contributed by atoms with van der Waals surface area (Å²) >= 11 is 0. The first-order chi connectivity index (χ1) is 6.86. The average Bonchev–Trinajstić information content (AvgIpc) is 2.92. The quantitative estimate of drug-likeness (QED) is 0.483. The van der Waals surface area contributed by atoms with Gasteiger partial charge in [0.25, 0.3) is 0 Å². The van der Waals surface area contributed by atoms with Crippen molar-refractivity contribution in [3.63, 3.8) is 0 Å². The first-order valence-corrected chi connectivity index (χ1v) is 5.14. The molecule has 2 aliphatic carbocycles. The Hall–Kier alpha value is 0.120. The van der Waals surface area contributed by atoms with Gasteiger partial charge in [-0.2, -0.15) is 12.8 Å². The van der Waals surface area contributed by atoms with Gasteiger partial charge in [0, 0.05) is 25.8 Å². The zero-order valence-electron chi connectivity index (χ0n) is 9.58. The third-order valence-electron chi connectivity index (χ3n) is 2.34. The third kappa shape index (κ3) is 7.40. The second kappa shape index (κ2) is 11.6. The summed E-state index contributed by atoms with van der Waals surface area (Å²) in [7, 11) is 0. The first kappa shape index (κ1) is 18.5. The van der Waals surface area contributed by atoms with Crippen molar-refractivity contribution in [3.05, 3.63) is 61.4 Å². The zero-order valence-corrected chi connectivity index (χ0v) is 13.9. The molecule has 0 saturated carbocycles. The normalized spacial score (nSPS) is 15.4. The number of hydrogen-bond donors (Lipinski definition) is 0. The minimum atomic E-state index is 0. The minimum absolute atomic E-state index is 0. The van der Waals surface area contributed by atoms with Crippen molar-refractivity contribution in [1.29, 1.82) is 0 Å². The molecule has 2 rings (SSSR count). The van der Waals surface area contributed by atoms with Crippen molar-refractivity contribution >= 4 is 0 Å². The number of hydrogen-bond acceptors (Lipinski definition) is 0. The molecule has 2 heteroatoms. The van der Waals surface area contributed by atoms with E-state index >= 15 is 0 Å². The van der Waals surface area contributed by atoms with Crippen molar-refractivity contribution in [2.24, 2.45) is 0 Å². The van der Waals surface area contributed by atoms with Gasteiger partial charge >= 0.3 is 0 Å². The van der Waals surface area contributed by atoms with Gasteiger partial charge < -0.3 is 26.3 Å². The number of rotatable bonds is 2. The van der Waals surface area contributed by atoms with Gasteiger partial charge in [0.1, 0.15) is 0 Å². The molecule has 88 valence electrons. The number of halogens is 1. The van der Waals surface area contributed by atoms with Crippen LogP contribution in [0.3, 0.4) is 0 Å². The SMILES string of the molecule is [CH2-]CC1=CC=CC1.[CH2-]CC1=CC=CC1.[Cl-].[Hf]. The van der Waals surface area contributed by atoms with Gasteiger partial charge in [0.15, 0.2) is 0 Å². The molecule has 0 unspecified atom stereocenters. The van der Waals surface area contributed by atoms with Crippen molar-refractivity contribution < 1.29 is 38.3 Å². The molecule has 0 fully saturated rings. The summed E-state index contributed by atoms with van der Waals surface area (Å²) in [6.07, 6.45) is 16.9. The van der Waals surface area contributed by atoms with Crippen LogP contribution in [-0.2, 0) is 25.8 Å². The van der Waals surface area contributed by atoms with E-state index in [9.17, 15) is 0 Å². The van der Waals surface area contributed by atoms with E-state index in [1.54, 1.807) is 0 Å². The van der Waals surface area contributed by atoms with Crippen LogP contribution >= 0.6 is 0 Å². The molecule has 2 aliphatic rings. The second-order valence-electron chi connectivity index (χ2n) is 3.41. The Morgan fingerprint density at radius 2 is 1.25 bits per heavy atom. The standard InChI is InChI=1S/2C7H9.ClH.Hf/c2*1-2-7-5-3-4-6-7;;/h2*3-5H,1-2,6H2;1H;/q2*-1;;/p-1. The molecule has 0 N–H and O–H groups in total. The average molecular weight is 400 g/mol. The van der Waals surface area contributed by atoms with E-state index < -0.39 is 0 Å². The Morgan fingerprint density at radius 3 is 1.38 bits per heavy atom. The molecule has 16 heavy (non-hydrogen) atoms. The van der Waals surface area contributed by atoms with E-state index in [4.69, 9.17) is 0 Å². The largest absolute Gasteiger partial charge is 1.00 e. The fourth-order valence-corrected chi connectivity index (χ4v) is 1.35. The molecule has 0 bridgehead atoms. The van der Waals surface area contributed by atoms with Crippen LogP contribution in [0, 0.1) is 13.8 Å². The van der Waals surface area contributed by atoms with Crippen LogP contribution in [0.2, 0.25) is 0 Å². The molecule has 0 atom stereocenters. The summed E-state index contributed by atoms with van der Waals surface area (Å²) in [6.45, 7) is 7.52. The van der Waals surface area contributed by atoms with Crippen molar-refractivity contribution in [2.45, 2.75) is 25.7 Å². The molecule has 0 nitrogen and oxygen atoms in total. The van der Waals surface area contributed by atoms with Crippen LogP contribution < -0.4 is 12.4 Å². The van der Waals surface area contributed by atoms with E-state index in [1.165, 1.54) is 11.1 Å². The predicted octanol–water partition coefficient (Wildman–Crippen LogP) is 1.20. The maximum absolute atomic E-state index is 3.76. The Bertz CT molecular complexity index is 255. The molecular weight excluding hydrogens is 382 g/mol. The van der Waals surface area contributed by atoms with Crippen LogP contribution in [0.25, 0.3) is 0 Å². The molecule has 0 aromatic carbocycles. The van der Waals surface area contributed by atoms with Crippen LogP contribution in [0.15, 0.2) is 47.6 Å². The van der Waals surface area contributed by atoms with Gasteiger partial charge in [-0.15, -0.1) is 0 Å². The second-order valence-corrected chi connectivity index (χ2v) is 3.41. The maximum Gasteiger partial charge on any atom is 0 e. The summed E-state index contributed by atoms with van der Waals surface area (Å²) in [5.41, 5.74) is 2.89. The van der Waals surface area contributed by atoms with Crippen LogP contribution in [0.1, 0.15) is 25.7 Å². The fourth-order valence-electron chi connectivity index (χ4n) is 1.35. The third-order valence-corrected chi connectivity index (χ3v) is 2.34.